The highest BCUT2D eigenvalue weighted by atomic mass is 32.2. The van der Waals surface area contributed by atoms with Crippen LogP contribution in [0.15, 0.2) is 29.4 Å². The minimum absolute atomic E-state index is 0.243. The second kappa shape index (κ2) is 6.53. The molecule has 0 radical (unpaired) electrons. The lowest BCUT2D eigenvalue weighted by atomic mass is 10.1. The van der Waals surface area contributed by atoms with Crippen LogP contribution in [0.4, 0.5) is 0 Å². The lowest BCUT2D eigenvalue weighted by Crippen LogP contribution is -2.18. The van der Waals surface area contributed by atoms with Gasteiger partial charge in [-0.25, -0.2) is 4.68 Å². The number of aromatic nitrogens is 4. The molecule has 2 aromatic rings. The average molecular weight is 279 g/mol. The van der Waals surface area contributed by atoms with Crippen molar-refractivity contribution in [1.82, 2.24) is 25.5 Å². The molecule has 6 nitrogen and oxygen atoms in total. The molecule has 0 aliphatic carbocycles. The van der Waals surface area contributed by atoms with Gasteiger partial charge in [-0.2, -0.15) is 0 Å². The van der Waals surface area contributed by atoms with E-state index in [9.17, 15) is 0 Å². The largest absolute Gasteiger partial charge is 0.497 e. The zero-order chi connectivity index (χ0) is 13.7. The summed E-state index contributed by atoms with van der Waals surface area (Å²) < 4.78 is 6.83. The first-order valence-electron chi connectivity index (χ1n) is 5.91. The molecule has 2 rings (SSSR count). The number of rotatable bonds is 6. The van der Waals surface area contributed by atoms with Crippen molar-refractivity contribution < 1.29 is 4.74 Å². The third-order valence-corrected chi connectivity index (χ3v) is 3.93. The minimum atomic E-state index is 0.243. The Bertz CT molecular complexity index is 513. The van der Waals surface area contributed by atoms with E-state index in [1.807, 2.05) is 26.2 Å². The summed E-state index contributed by atoms with van der Waals surface area (Å²) in [5.41, 5.74) is 1.21. The van der Waals surface area contributed by atoms with Crippen molar-refractivity contribution in [2.75, 3.05) is 19.9 Å². The first-order chi connectivity index (χ1) is 9.24. The predicted octanol–water partition coefficient (Wildman–Crippen LogP) is 1.27. The van der Waals surface area contributed by atoms with Crippen molar-refractivity contribution in [3.05, 3.63) is 29.8 Å². The highest BCUT2D eigenvalue weighted by Crippen LogP contribution is 2.23. The van der Waals surface area contributed by atoms with Gasteiger partial charge in [-0.15, -0.1) is 5.10 Å². The third kappa shape index (κ3) is 3.45. The van der Waals surface area contributed by atoms with Gasteiger partial charge in [0.15, 0.2) is 0 Å². The van der Waals surface area contributed by atoms with Crippen molar-refractivity contribution in [3.8, 4) is 5.75 Å². The Morgan fingerprint density at radius 2 is 2.11 bits per heavy atom. The predicted molar refractivity (Wildman–Crippen MR) is 74.3 cm³/mol. The molecule has 1 aromatic carbocycles. The van der Waals surface area contributed by atoms with Crippen LogP contribution < -0.4 is 10.1 Å². The van der Waals surface area contributed by atoms with E-state index in [0.717, 1.165) is 16.7 Å². The lowest BCUT2D eigenvalue weighted by molar-refractivity contribution is 0.414. The van der Waals surface area contributed by atoms with Crippen LogP contribution in [0.5, 0.6) is 5.75 Å². The highest BCUT2D eigenvalue weighted by molar-refractivity contribution is 7.99. The van der Waals surface area contributed by atoms with Gasteiger partial charge >= 0.3 is 0 Å². The lowest BCUT2D eigenvalue weighted by Gasteiger charge is -2.16. The molecule has 102 valence electrons. The molecule has 0 spiro atoms. The molecule has 0 bridgehead atoms. The van der Waals surface area contributed by atoms with Crippen LogP contribution in [0, 0.1) is 0 Å². The molecule has 1 heterocycles. The van der Waals surface area contributed by atoms with Crippen molar-refractivity contribution in [2.45, 2.75) is 11.2 Å². The summed E-state index contributed by atoms with van der Waals surface area (Å²) in [6, 6.07) is 8.31. The summed E-state index contributed by atoms with van der Waals surface area (Å²) >= 11 is 1.62. The van der Waals surface area contributed by atoms with Crippen LogP contribution in [0.2, 0.25) is 0 Å². The van der Waals surface area contributed by atoms with Gasteiger partial charge in [-0.3, -0.25) is 0 Å². The molecule has 1 unspecified atom stereocenters. The van der Waals surface area contributed by atoms with Crippen molar-refractivity contribution in [1.29, 1.82) is 0 Å². The second-order valence-corrected chi connectivity index (χ2v) is 5.00. The monoisotopic (exact) mass is 279 g/mol. The van der Waals surface area contributed by atoms with Crippen molar-refractivity contribution in [2.24, 2.45) is 7.05 Å². The minimum Gasteiger partial charge on any atom is -0.497 e. The fraction of sp³-hybridized carbons (Fsp3) is 0.417. The summed E-state index contributed by atoms with van der Waals surface area (Å²) in [4.78, 5) is 0. The normalized spacial score (nSPS) is 12.4. The number of methoxy groups -OCH3 is 1. The van der Waals surface area contributed by atoms with Gasteiger partial charge in [0.2, 0.25) is 5.16 Å². The number of benzene rings is 1. The van der Waals surface area contributed by atoms with Crippen LogP contribution in [0.25, 0.3) is 0 Å². The van der Waals surface area contributed by atoms with E-state index in [4.69, 9.17) is 4.74 Å². The van der Waals surface area contributed by atoms with E-state index in [1.54, 1.807) is 23.6 Å². The molecule has 7 heteroatoms. The number of thioether (sulfide) groups is 1. The van der Waals surface area contributed by atoms with E-state index >= 15 is 0 Å². The number of hydrogen-bond donors (Lipinski definition) is 1. The van der Waals surface area contributed by atoms with Crippen molar-refractivity contribution >= 4 is 11.8 Å². The maximum atomic E-state index is 5.16. The summed E-state index contributed by atoms with van der Waals surface area (Å²) in [6.07, 6.45) is 0. The van der Waals surface area contributed by atoms with Crippen molar-refractivity contribution in [3.63, 3.8) is 0 Å². The number of aryl methyl sites for hydroxylation is 1. The number of nitrogens with zero attached hydrogens (tertiary/aromatic N) is 4. The molecule has 0 saturated heterocycles. The standard InChI is InChI=1S/C12H17N5OS/c1-13-11(8-19-12-14-15-16-17(12)2)9-4-6-10(18-3)7-5-9/h4-7,11,13H,8H2,1-3H3. The van der Waals surface area contributed by atoms with Gasteiger partial charge in [0.05, 0.1) is 7.11 Å². The Labute approximate surface area is 116 Å². The van der Waals surface area contributed by atoms with Crippen LogP contribution in [-0.2, 0) is 7.05 Å². The molecule has 0 saturated carbocycles. The molecule has 1 aromatic heterocycles. The van der Waals surface area contributed by atoms with Gasteiger partial charge in [-0.1, -0.05) is 23.9 Å². The maximum absolute atomic E-state index is 5.16. The number of tetrazole rings is 1. The van der Waals surface area contributed by atoms with Crippen LogP contribution in [0.3, 0.4) is 0 Å². The third-order valence-electron chi connectivity index (χ3n) is 2.83. The quantitative estimate of drug-likeness (QED) is 0.803. The molecule has 0 amide bonds. The SMILES string of the molecule is CNC(CSc1nnnn1C)c1ccc(OC)cc1. The smallest absolute Gasteiger partial charge is 0.209 e. The first-order valence-corrected chi connectivity index (χ1v) is 6.89. The molecule has 1 atom stereocenters. The van der Waals surface area contributed by atoms with Gasteiger partial charge in [0, 0.05) is 18.8 Å². The van der Waals surface area contributed by atoms with E-state index < -0.39 is 0 Å². The fourth-order valence-corrected chi connectivity index (χ4v) is 2.68. The second-order valence-electron chi connectivity index (χ2n) is 4.01. The van der Waals surface area contributed by atoms with Gasteiger partial charge in [0.25, 0.3) is 0 Å². The van der Waals surface area contributed by atoms with E-state index in [2.05, 4.69) is 33.0 Å². The van der Waals surface area contributed by atoms with Gasteiger partial charge in [0.1, 0.15) is 5.75 Å². The van der Waals surface area contributed by atoms with E-state index in [-0.39, 0.29) is 6.04 Å². The Kier molecular flexibility index (Phi) is 4.75. The summed E-state index contributed by atoms with van der Waals surface area (Å²) in [7, 11) is 5.45. The van der Waals surface area contributed by atoms with Crippen LogP contribution >= 0.6 is 11.8 Å². The van der Waals surface area contributed by atoms with Crippen LogP contribution in [0.1, 0.15) is 11.6 Å². The first kappa shape index (κ1) is 13.8. The number of ether oxygens (including phenoxy) is 1. The Hall–Kier alpha value is -1.60. The summed E-state index contributed by atoms with van der Waals surface area (Å²) in [5.74, 6) is 1.72. The zero-order valence-corrected chi connectivity index (χ0v) is 12.0. The Balaban J connectivity index is 2.01. The van der Waals surface area contributed by atoms with Crippen LogP contribution in [-0.4, -0.2) is 40.1 Å². The molecule has 0 fully saturated rings. The Morgan fingerprint density at radius 3 is 2.63 bits per heavy atom. The molecule has 0 aliphatic heterocycles. The fourth-order valence-electron chi connectivity index (χ4n) is 1.68. The average Bonchev–Trinajstić information content (AvgIpc) is 2.86. The molecule has 19 heavy (non-hydrogen) atoms. The molecule has 1 N–H and O–H groups in total. The number of nitrogens with one attached hydrogen (secondary N) is 1. The topological polar surface area (TPSA) is 64.9 Å². The molecule has 0 aliphatic rings. The van der Waals surface area contributed by atoms with E-state index in [0.29, 0.717) is 0 Å². The van der Waals surface area contributed by atoms with E-state index in [1.165, 1.54) is 5.56 Å². The highest BCUT2D eigenvalue weighted by Gasteiger charge is 2.12. The summed E-state index contributed by atoms with van der Waals surface area (Å²) in [5, 5.41) is 15.5. The summed E-state index contributed by atoms with van der Waals surface area (Å²) in [6.45, 7) is 0. The maximum Gasteiger partial charge on any atom is 0.209 e. The number of hydrogen-bond acceptors (Lipinski definition) is 6. The molecular formula is C12H17N5OS. The Morgan fingerprint density at radius 1 is 1.37 bits per heavy atom. The van der Waals surface area contributed by atoms with Gasteiger partial charge < -0.3 is 10.1 Å². The van der Waals surface area contributed by atoms with Gasteiger partial charge in [-0.05, 0) is 35.2 Å². The molecular weight excluding hydrogens is 262 g/mol. The zero-order valence-electron chi connectivity index (χ0n) is 11.2.